The summed E-state index contributed by atoms with van der Waals surface area (Å²) < 4.78 is 46.0. The van der Waals surface area contributed by atoms with Crippen molar-refractivity contribution in [2.45, 2.75) is 58.4 Å². The second-order valence-electron chi connectivity index (χ2n) is 9.98. The lowest BCUT2D eigenvalue weighted by Crippen LogP contribution is -2.50. The molecule has 0 spiro atoms. The molecule has 11 heteroatoms. The minimum atomic E-state index is -4.42. The van der Waals surface area contributed by atoms with E-state index in [1.54, 1.807) is 20.6 Å². The molecular formula is C24H29F3N4O3S. The first kappa shape index (κ1) is 25.3. The number of carbonyl (C=O) groups excluding carboxylic acids is 2. The molecule has 190 valence electrons. The van der Waals surface area contributed by atoms with E-state index in [1.165, 1.54) is 23.5 Å². The largest absolute Gasteiger partial charge is 0.444 e. The number of hydrogen-bond donors (Lipinski definition) is 0. The first-order valence-electron chi connectivity index (χ1n) is 11.5. The summed E-state index contributed by atoms with van der Waals surface area (Å²) in [5, 5.41) is 0. The second kappa shape index (κ2) is 9.33. The molecule has 2 aromatic rings. The Balaban J connectivity index is 1.54. The van der Waals surface area contributed by atoms with Crippen molar-refractivity contribution in [3.63, 3.8) is 0 Å². The number of halogens is 3. The molecule has 4 rings (SSSR count). The van der Waals surface area contributed by atoms with E-state index in [0.717, 1.165) is 29.9 Å². The predicted molar refractivity (Wildman–Crippen MR) is 125 cm³/mol. The van der Waals surface area contributed by atoms with Crippen LogP contribution < -0.4 is 4.80 Å². The van der Waals surface area contributed by atoms with Crippen LogP contribution in [0.5, 0.6) is 0 Å². The molecule has 35 heavy (non-hydrogen) atoms. The Kier molecular flexibility index (Phi) is 6.74. The quantitative estimate of drug-likeness (QED) is 0.529. The molecule has 0 radical (unpaired) electrons. The smallest absolute Gasteiger partial charge is 0.416 e. The molecule has 0 saturated carbocycles. The minimum absolute atomic E-state index is 0.121. The number of piperidine rings is 1. The molecule has 2 atom stereocenters. The molecule has 2 fully saturated rings. The van der Waals surface area contributed by atoms with Gasteiger partial charge in [-0.3, -0.25) is 4.57 Å². The zero-order chi connectivity index (χ0) is 25.5. The first-order valence-corrected chi connectivity index (χ1v) is 12.3. The standard InChI is InChI=1S/C24H29F3N4O3S/c1-15-12-31(18-9-7-17(8-10-18)24(25,26)27)21(35-15)28-20(32)29-13-16-6-5-11-30(19(16)14-29)22(33)34-23(2,3)4/h7-10,12,16,19H,5-6,11,13-14H2,1-4H3. The highest BCUT2D eigenvalue weighted by atomic mass is 32.1. The van der Waals surface area contributed by atoms with Gasteiger partial charge >= 0.3 is 18.3 Å². The van der Waals surface area contributed by atoms with Crippen LogP contribution in [0.3, 0.4) is 0 Å². The molecule has 1 aromatic heterocycles. The molecule has 2 aliphatic rings. The van der Waals surface area contributed by atoms with Crippen molar-refractivity contribution in [1.29, 1.82) is 0 Å². The second-order valence-corrected chi connectivity index (χ2v) is 11.2. The molecule has 3 heterocycles. The number of benzene rings is 1. The van der Waals surface area contributed by atoms with Gasteiger partial charge < -0.3 is 14.5 Å². The lowest BCUT2D eigenvalue weighted by atomic mass is 9.92. The number of ether oxygens (including phenoxy) is 1. The molecule has 7 nitrogen and oxygen atoms in total. The molecule has 0 bridgehead atoms. The van der Waals surface area contributed by atoms with Crippen LogP contribution in [0.2, 0.25) is 0 Å². The number of alkyl halides is 3. The van der Waals surface area contributed by atoms with Gasteiger partial charge in [-0.2, -0.15) is 18.2 Å². The number of thiazole rings is 1. The third-order valence-corrected chi connectivity index (χ3v) is 7.01. The summed E-state index contributed by atoms with van der Waals surface area (Å²) in [6.45, 7) is 8.78. The molecule has 3 amide bonds. The number of rotatable bonds is 1. The highest BCUT2D eigenvalue weighted by molar-refractivity contribution is 7.09. The van der Waals surface area contributed by atoms with Crippen LogP contribution in [-0.2, 0) is 10.9 Å². The Hall–Kier alpha value is -2.82. The summed E-state index contributed by atoms with van der Waals surface area (Å²) in [6, 6.07) is 4.20. The lowest BCUT2D eigenvalue weighted by molar-refractivity contribution is -0.137. The van der Waals surface area contributed by atoms with E-state index in [2.05, 4.69) is 4.99 Å². The Morgan fingerprint density at radius 3 is 2.43 bits per heavy atom. The maximum atomic E-state index is 13.1. The highest BCUT2D eigenvalue weighted by Crippen LogP contribution is 2.32. The molecule has 2 saturated heterocycles. The molecule has 1 aromatic carbocycles. The normalized spacial score (nSPS) is 21.3. The summed E-state index contributed by atoms with van der Waals surface area (Å²) in [7, 11) is 0. The Bertz CT molecular complexity index is 1160. The average molecular weight is 511 g/mol. The fraction of sp³-hybridized carbons (Fsp3) is 0.542. The van der Waals surface area contributed by atoms with Gasteiger partial charge in [0, 0.05) is 36.4 Å². The number of fused-ring (bicyclic) bond motifs is 1. The zero-order valence-corrected chi connectivity index (χ0v) is 20.9. The van der Waals surface area contributed by atoms with Crippen molar-refractivity contribution in [3.8, 4) is 5.69 Å². The van der Waals surface area contributed by atoms with E-state index >= 15 is 0 Å². The van der Waals surface area contributed by atoms with Crippen LogP contribution in [0.1, 0.15) is 44.1 Å². The number of hydrogen-bond acceptors (Lipinski definition) is 4. The lowest BCUT2D eigenvalue weighted by Gasteiger charge is -2.37. The Morgan fingerprint density at radius 2 is 1.80 bits per heavy atom. The topological polar surface area (TPSA) is 67.1 Å². The van der Waals surface area contributed by atoms with Crippen molar-refractivity contribution in [2.75, 3.05) is 19.6 Å². The Morgan fingerprint density at radius 1 is 1.11 bits per heavy atom. The predicted octanol–water partition coefficient (Wildman–Crippen LogP) is 5.22. The zero-order valence-electron chi connectivity index (χ0n) is 20.1. The van der Waals surface area contributed by atoms with Gasteiger partial charge in [-0.15, -0.1) is 11.3 Å². The number of nitrogens with zero attached hydrogens (tertiary/aromatic N) is 4. The minimum Gasteiger partial charge on any atom is -0.444 e. The number of aryl methyl sites for hydroxylation is 1. The van der Waals surface area contributed by atoms with Crippen LogP contribution in [0.25, 0.3) is 5.69 Å². The average Bonchev–Trinajstić information content (AvgIpc) is 3.35. The van der Waals surface area contributed by atoms with Crippen molar-refractivity contribution in [3.05, 3.63) is 45.7 Å². The van der Waals surface area contributed by atoms with Gasteiger partial charge in [-0.05, 0) is 70.7 Å². The molecule has 0 N–H and O–H groups in total. The van der Waals surface area contributed by atoms with Crippen LogP contribution in [0.15, 0.2) is 35.5 Å². The Labute approximate surface area is 205 Å². The third kappa shape index (κ3) is 5.71. The highest BCUT2D eigenvalue weighted by Gasteiger charge is 2.43. The van der Waals surface area contributed by atoms with E-state index in [4.69, 9.17) is 4.74 Å². The van der Waals surface area contributed by atoms with E-state index < -0.39 is 23.4 Å². The van der Waals surface area contributed by atoms with Crippen molar-refractivity contribution < 1.29 is 27.5 Å². The van der Waals surface area contributed by atoms with E-state index in [9.17, 15) is 22.8 Å². The number of amides is 3. The summed E-state index contributed by atoms with van der Waals surface area (Å²) >= 11 is 1.29. The maximum Gasteiger partial charge on any atom is 0.416 e. The molecule has 0 aliphatic carbocycles. The summed E-state index contributed by atoms with van der Waals surface area (Å²) in [5.74, 6) is 0.155. The summed E-state index contributed by atoms with van der Waals surface area (Å²) in [5.41, 5.74) is -0.853. The summed E-state index contributed by atoms with van der Waals surface area (Å²) in [4.78, 5) is 34.8. The van der Waals surface area contributed by atoms with Gasteiger partial charge in [0.15, 0.2) is 4.80 Å². The molecular weight excluding hydrogens is 481 g/mol. The van der Waals surface area contributed by atoms with E-state index in [0.29, 0.717) is 30.1 Å². The monoisotopic (exact) mass is 510 g/mol. The van der Waals surface area contributed by atoms with Gasteiger partial charge in [0.1, 0.15) is 5.60 Å². The summed E-state index contributed by atoms with van der Waals surface area (Å²) in [6.07, 6.45) is -1.29. The van der Waals surface area contributed by atoms with Gasteiger partial charge in [0.2, 0.25) is 0 Å². The third-order valence-electron chi connectivity index (χ3n) is 6.11. The molecule has 2 aliphatic heterocycles. The van der Waals surface area contributed by atoms with Gasteiger partial charge in [0.05, 0.1) is 11.6 Å². The number of urea groups is 1. The van der Waals surface area contributed by atoms with Gasteiger partial charge in [-0.1, -0.05) is 0 Å². The van der Waals surface area contributed by atoms with Crippen molar-refractivity contribution >= 4 is 23.5 Å². The van der Waals surface area contributed by atoms with Crippen LogP contribution >= 0.6 is 11.3 Å². The van der Waals surface area contributed by atoms with Crippen molar-refractivity contribution in [2.24, 2.45) is 10.9 Å². The van der Waals surface area contributed by atoms with Gasteiger partial charge in [0.25, 0.3) is 0 Å². The van der Waals surface area contributed by atoms with Crippen LogP contribution in [0.4, 0.5) is 22.8 Å². The molecule has 2 unspecified atom stereocenters. The fourth-order valence-corrected chi connectivity index (χ4v) is 5.39. The number of carbonyl (C=O) groups is 2. The van der Waals surface area contributed by atoms with Crippen LogP contribution in [0, 0.1) is 12.8 Å². The van der Waals surface area contributed by atoms with Crippen LogP contribution in [-0.4, -0.2) is 57.8 Å². The van der Waals surface area contributed by atoms with E-state index in [-0.39, 0.29) is 18.1 Å². The number of aromatic nitrogens is 1. The van der Waals surface area contributed by atoms with Gasteiger partial charge in [-0.25, -0.2) is 9.59 Å². The maximum absolute atomic E-state index is 13.1. The van der Waals surface area contributed by atoms with Crippen molar-refractivity contribution in [1.82, 2.24) is 14.4 Å². The SMILES string of the molecule is Cc1cn(-c2ccc(C(F)(F)F)cc2)c(=NC(=O)N2CC3CCCN(C(=O)OC(C)(C)C)C3C2)s1. The fourth-order valence-electron chi connectivity index (χ4n) is 4.57. The first-order chi connectivity index (χ1) is 16.3. The number of likely N-dealkylation sites (tertiary alicyclic amines) is 2. The van der Waals surface area contributed by atoms with E-state index in [1.807, 2.05) is 27.7 Å².